The van der Waals surface area contributed by atoms with Crippen LogP contribution in [0.25, 0.3) is 0 Å². The minimum atomic E-state index is -4.51. The molecule has 2 aromatic carbocycles. The summed E-state index contributed by atoms with van der Waals surface area (Å²) in [5.41, 5.74) is 3.16. The van der Waals surface area contributed by atoms with Gasteiger partial charge in [0.25, 0.3) is 0 Å². The minimum absolute atomic E-state index is 0.0575. The molecule has 0 radical (unpaired) electrons. The third-order valence-electron chi connectivity index (χ3n) is 6.17. The fourth-order valence-electron chi connectivity index (χ4n) is 3.98. The van der Waals surface area contributed by atoms with Crippen molar-refractivity contribution in [2.24, 2.45) is 0 Å². The molecule has 0 saturated heterocycles. The summed E-state index contributed by atoms with van der Waals surface area (Å²) in [5, 5.41) is 16.2. The average molecular weight is 707 g/mol. The van der Waals surface area contributed by atoms with Gasteiger partial charge in [-0.2, -0.15) is 5.10 Å². The Bertz CT molecular complexity index is 1810. The summed E-state index contributed by atoms with van der Waals surface area (Å²) in [7, 11) is -4.51. The van der Waals surface area contributed by atoms with E-state index in [2.05, 4.69) is 25.1 Å². The topological polar surface area (TPSA) is 170 Å². The van der Waals surface area contributed by atoms with Crippen molar-refractivity contribution in [3.63, 3.8) is 0 Å². The zero-order chi connectivity index (χ0) is 31.5. The van der Waals surface area contributed by atoms with Crippen molar-refractivity contribution >= 4 is 79.2 Å². The number of nitrogen functional groups attached to an aromatic ring is 1. The number of imidazole rings is 1. The van der Waals surface area contributed by atoms with Crippen molar-refractivity contribution in [1.82, 2.24) is 29.7 Å². The van der Waals surface area contributed by atoms with Crippen LogP contribution in [-0.4, -0.2) is 54.3 Å². The Labute approximate surface area is 268 Å². The lowest BCUT2D eigenvalue weighted by Crippen LogP contribution is -2.46. The molecule has 2 atom stereocenters. The van der Waals surface area contributed by atoms with Gasteiger partial charge in [-0.05, 0) is 31.2 Å². The van der Waals surface area contributed by atoms with Gasteiger partial charge in [0, 0.05) is 28.0 Å². The van der Waals surface area contributed by atoms with Crippen molar-refractivity contribution in [3.05, 3.63) is 104 Å². The summed E-state index contributed by atoms with van der Waals surface area (Å²) in [4.78, 5) is 24.3. The Morgan fingerprint density at radius 3 is 2.40 bits per heavy atom. The molecule has 0 spiro atoms. The molecule has 226 valence electrons. The largest absolute Gasteiger partial charge is 0.382 e. The second-order valence-electron chi connectivity index (χ2n) is 8.89. The molecule has 5 rings (SSSR count). The number of ketones is 1. The lowest BCUT2D eigenvalue weighted by Gasteiger charge is -2.34. The average Bonchev–Trinajstić information content (AvgIpc) is 3.72. The predicted molar refractivity (Wildman–Crippen MR) is 162 cm³/mol. The number of sulfone groups is 1. The number of rotatable bonds is 8. The number of nitrogens with zero attached hydrogens (tertiary/aromatic N) is 5. The van der Waals surface area contributed by atoms with E-state index in [0.29, 0.717) is 11.3 Å². The molecule has 2 unspecified atom stereocenters. The van der Waals surface area contributed by atoms with Crippen LogP contribution in [0.4, 0.5) is 10.2 Å². The smallest absolute Gasteiger partial charge is 0.212 e. The number of H-pyrrole nitrogens is 1. The van der Waals surface area contributed by atoms with Crippen molar-refractivity contribution in [2.45, 2.75) is 28.7 Å². The van der Waals surface area contributed by atoms with Gasteiger partial charge in [0.15, 0.2) is 0 Å². The van der Waals surface area contributed by atoms with Gasteiger partial charge in [-0.1, -0.05) is 63.8 Å². The first-order valence-corrected chi connectivity index (χ1v) is 15.7. The highest BCUT2D eigenvalue weighted by molar-refractivity contribution is 7.94. The second kappa shape index (κ2) is 13.3. The highest BCUT2D eigenvalue weighted by atomic mass is 35.5. The van der Waals surface area contributed by atoms with E-state index in [-0.39, 0.29) is 48.5 Å². The Kier molecular flexibility index (Phi) is 10.1. The number of carbonyl (C=O) groups excluding carboxylic acids is 1. The van der Waals surface area contributed by atoms with Gasteiger partial charge >= 0.3 is 0 Å². The number of nitrogens with two attached hydrogens (primary N) is 1. The molecule has 0 aliphatic rings. The third-order valence-corrected chi connectivity index (χ3v) is 10.9. The monoisotopic (exact) mass is 705 g/mol. The number of carbonyl (C=O) groups is 1. The maximum absolute atomic E-state index is 15.0. The first-order chi connectivity index (χ1) is 20.3. The second-order valence-corrected chi connectivity index (χ2v) is 14.0. The highest BCUT2D eigenvalue weighted by Crippen LogP contribution is 2.40. The van der Waals surface area contributed by atoms with E-state index >= 15 is 4.39 Å². The van der Waals surface area contributed by atoms with Crippen molar-refractivity contribution in [2.75, 3.05) is 5.73 Å². The van der Waals surface area contributed by atoms with E-state index < -0.39 is 36.6 Å². The number of halogens is 5. The van der Waals surface area contributed by atoms with Crippen molar-refractivity contribution < 1.29 is 22.7 Å². The van der Waals surface area contributed by atoms with Crippen LogP contribution in [-0.2, 0) is 22.0 Å². The first-order valence-electron chi connectivity index (χ1n) is 11.9. The maximum atomic E-state index is 15.0. The molecule has 0 bridgehead atoms. The van der Waals surface area contributed by atoms with Crippen LogP contribution < -0.4 is 5.73 Å². The standard InChI is InChI=1S/C23H17Cl4FN4O4S2.C2H3N3/c1-11(23(34,9-32-5-4-30-10-32)14-3-2-12(24)8-17(14)28)38(35,36)22-31-21(29)20(37-22)19(33)18-15(26)6-13(25)7-16(18)27;1-3-2-5-4-1/h2-8,10-11,34H,9,29H2,1H3;1-2H,(H,3,4,5). The summed E-state index contributed by atoms with van der Waals surface area (Å²) in [6.45, 7) is 0.820. The van der Waals surface area contributed by atoms with Gasteiger partial charge < -0.3 is 15.4 Å². The van der Waals surface area contributed by atoms with Crippen LogP contribution >= 0.6 is 57.7 Å². The van der Waals surface area contributed by atoms with Gasteiger partial charge in [-0.15, -0.1) is 0 Å². The molecule has 11 nitrogen and oxygen atoms in total. The van der Waals surface area contributed by atoms with Crippen LogP contribution in [0, 0.1) is 5.82 Å². The van der Waals surface area contributed by atoms with Crippen molar-refractivity contribution in [1.29, 1.82) is 0 Å². The summed E-state index contributed by atoms with van der Waals surface area (Å²) >= 11 is 24.6. The fraction of sp³-hybridized carbons (Fsp3) is 0.160. The molecule has 4 N–H and O–H groups in total. The molecular formula is C25H20Cl4FN7O4S2. The van der Waals surface area contributed by atoms with E-state index in [4.69, 9.17) is 52.1 Å². The van der Waals surface area contributed by atoms with E-state index in [1.165, 1.54) is 67.1 Å². The molecule has 0 saturated carbocycles. The molecule has 0 aliphatic heterocycles. The molecule has 3 aromatic heterocycles. The normalized spacial score (nSPS) is 13.6. The number of benzene rings is 2. The van der Waals surface area contributed by atoms with Crippen LogP contribution in [0.2, 0.25) is 20.1 Å². The van der Waals surface area contributed by atoms with Gasteiger partial charge in [0.05, 0.1) is 28.5 Å². The lowest BCUT2D eigenvalue weighted by atomic mass is 9.90. The molecule has 3 heterocycles. The molecule has 43 heavy (non-hydrogen) atoms. The van der Waals surface area contributed by atoms with Gasteiger partial charge in [-0.25, -0.2) is 27.8 Å². The van der Waals surface area contributed by atoms with Crippen LogP contribution in [0.3, 0.4) is 0 Å². The number of hydrogen-bond donors (Lipinski definition) is 3. The Morgan fingerprint density at radius 2 is 1.86 bits per heavy atom. The molecule has 0 amide bonds. The maximum Gasteiger partial charge on any atom is 0.212 e. The number of hydrogen-bond acceptors (Lipinski definition) is 10. The fourth-order valence-corrected chi connectivity index (χ4v) is 8.18. The number of anilines is 1. The lowest BCUT2D eigenvalue weighted by molar-refractivity contribution is 0.0144. The van der Waals surface area contributed by atoms with Gasteiger partial charge in [0.1, 0.15) is 40.0 Å². The first kappa shape index (κ1) is 32.8. The zero-order valence-corrected chi connectivity index (χ0v) is 26.4. The highest BCUT2D eigenvalue weighted by Gasteiger charge is 2.47. The van der Waals surface area contributed by atoms with E-state index in [1.807, 2.05) is 0 Å². The van der Waals surface area contributed by atoms with E-state index in [1.54, 1.807) is 0 Å². The molecule has 5 aromatic rings. The minimum Gasteiger partial charge on any atom is -0.382 e. The van der Waals surface area contributed by atoms with Crippen LogP contribution in [0.5, 0.6) is 0 Å². The van der Waals surface area contributed by atoms with Gasteiger partial charge in [0.2, 0.25) is 20.0 Å². The van der Waals surface area contributed by atoms with Crippen LogP contribution in [0.15, 0.2) is 66.0 Å². The van der Waals surface area contributed by atoms with Crippen LogP contribution in [0.1, 0.15) is 27.7 Å². The molecular weight excluding hydrogens is 687 g/mol. The molecule has 18 heteroatoms. The number of aliphatic hydroxyl groups is 1. The zero-order valence-electron chi connectivity index (χ0n) is 21.7. The van der Waals surface area contributed by atoms with Gasteiger partial charge in [-0.3, -0.25) is 9.89 Å². The summed E-state index contributed by atoms with van der Waals surface area (Å²) in [6, 6.07) is 6.10. The Balaban J connectivity index is 0.000000767. The summed E-state index contributed by atoms with van der Waals surface area (Å²) < 4.78 is 43.3. The molecule has 0 fully saturated rings. The number of aromatic nitrogens is 6. The summed E-state index contributed by atoms with van der Waals surface area (Å²) in [6.07, 6.45) is 7.20. The summed E-state index contributed by atoms with van der Waals surface area (Å²) in [5.74, 6) is -2.06. The van der Waals surface area contributed by atoms with E-state index in [0.717, 1.165) is 6.07 Å². The predicted octanol–water partition coefficient (Wildman–Crippen LogP) is 5.46. The number of thiazole rings is 1. The SMILES string of the molecule is CC(C(O)(Cn1ccnc1)c1ccc(Cl)cc1F)S(=O)(=O)c1nc(N)c(C(=O)c2c(Cl)cc(Cl)cc2Cl)s1.c1nc[nH]n1. The Hall–Kier alpha value is -3.11. The van der Waals surface area contributed by atoms with Crippen molar-refractivity contribution in [3.8, 4) is 0 Å². The third kappa shape index (κ3) is 7.01. The number of nitrogens with one attached hydrogen (secondary N) is 1. The molecule has 0 aliphatic carbocycles. The quantitative estimate of drug-likeness (QED) is 0.177. The number of aromatic amines is 1. The Morgan fingerprint density at radius 1 is 1.16 bits per heavy atom. The van der Waals surface area contributed by atoms with E-state index in [9.17, 15) is 18.3 Å².